The van der Waals surface area contributed by atoms with Gasteiger partial charge in [0.2, 0.25) is 0 Å². The Kier molecular flexibility index (Phi) is 13.8. The highest BCUT2D eigenvalue weighted by Gasteiger charge is 2.48. The fraction of sp³-hybridized carbons (Fsp3) is 0.636. The molecule has 0 bridgehead atoms. The average molecular weight is 529 g/mol. The Morgan fingerprint density at radius 2 is 1.37 bits per heavy atom. The maximum absolute atomic E-state index is 15.9. The van der Waals surface area contributed by atoms with Gasteiger partial charge in [-0.2, -0.15) is 0 Å². The minimum atomic E-state index is -1.31. The van der Waals surface area contributed by atoms with Gasteiger partial charge in [-0.05, 0) is 54.4 Å². The summed E-state index contributed by atoms with van der Waals surface area (Å²) in [4.78, 5) is 0. The highest BCUT2D eigenvalue weighted by atomic mass is 19.1. The van der Waals surface area contributed by atoms with Crippen LogP contribution in [0, 0.1) is 0 Å². The third kappa shape index (κ3) is 9.15. The van der Waals surface area contributed by atoms with E-state index >= 15 is 4.39 Å². The van der Waals surface area contributed by atoms with E-state index in [-0.39, 0.29) is 6.61 Å². The van der Waals surface area contributed by atoms with Crippen molar-refractivity contribution in [2.24, 2.45) is 0 Å². The number of ether oxygens (including phenoxy) is 4. The molecule has 1 heterocycles. The number of hydrogen-bond acceptors (Lipinski definition) is 4. The van der Waals surface area contributed by atoms with Crippen LogP contribution in [0.4, 0.5) is 4.39 Å². The van der Waals surface area contributed by atoms with E-state index < -0.39 is 30.6 Å². The molecular formula is C33H49FO4. The van der Waals surface area contributed by atoms with Gasteiger partial charge in [0.1, 0.15) is 24.4 Å². The number of halogens is 1. The Bertz CT molecular complexity index is 902. The van der Waals surface area contributed by atoms with E-state index in [1.807, 2.05) is 0 Å². The number of unbranched alkanes of at least 4 members (excludes halogenated alkanes) is 3. The first kappa shape index (κ1) is 30.7. The molecule has 38 heavy (non-hydrogen) atoms. The summed E-state index contributed by atoms with van der Waals surface area (Å²) in [6.45, 7) is 10.4. The largest absolute Gasteiger partial charge is 0.379 e. The first-order valence-corrected chi connectivity index (χ1v) is 14.9. The van der Waals surface area contributed by atoms with Crippen molar-refractivity contribution in [2.45, 2.75) is 110 Å². The minimum absolute atomic E-state index is 0.219. The standard InChI is InChI=1S/C33H49FO4/c1-5-9-19-35-24-29-30(34)32(36-20-10-6-2)33(37-21-11-7-3)31(38-29)28-14-12-13-27(23-28)22-26-17-15-25(8-4)16-18-26/h12-18,23,29-33H,5-11,19-22,24H2,1-4H3. The molecule has 0 saturated carbocycles. The molecule has 5 atom stereocenters. The van der Waals surface area contributed by atoms with Crippen LogP contribution < -0.4 is 0 Å². The average Bonchev–Trinajstić information content (AvgIpc) is 2.94. The number of hydrogen-bond donors (Lipinski definition) is 0. The molecule has 1 aliphatic heterocycles. The van der Waals surface area contributed by atoms with Crippen LogP contribution >= 0.6 is 0 Å². The Balaban J connectivity index is 1.86. The lowest BCUT2D eigenvalue weighted by molar-refractivity contribution is -0.243. The highest BCUT2D eigenvalue weighted by molar-refractivity contribution is 5.33. The molecule has 1 fully saturated rings. The predicted octanol–water partition coefficient (Wildman–Crippen LogP) is 7.81. The summed E-state index contributed by atoms with van der Waals surface area (Å²) in [7, 11) is 0. The fourth-order valence-corrected chi connectivity index (χ4v) is 4.86. The summed E-state index contributed by atoms with van der Waals surface area (Å²) < 4.78 is 40.8. The van der Waals surface area contributed by atoms with Crippen molar-refractivity contribution in [3.05, 3.63) is 70.8 Å². The predicted molar refractivity (Wildman–Crippen MR) is 153 cm³/mol. The smallest absolute Gasteiger partial charge is 0.157 e. The molecule has 0 spiro atoms. The molecule has 2 aromatic rings. The second kappa shape index (κ2) is 17.0. The van der Waals surface area contributed by atoms with Crippen molar-refractivity contribution in [3.63, 3.8) is 0 Å². The lowest BCUT2D eigenvalue weighted by atomic mass is 9.90. The first-order chi connectivity index (χ1) is 18.6. The third-order valence-corrected chi connectivity index (χ3v) is 7.27. The maximum atomic E-state index is 15.9. The van der Waals surface area contributed by atoms with E-state index in [4.69, 9.17) is 18.9 Å². The molecule has 4 nitrogen and oxygen atoms in total. The van der Waals surface area contributed by atoms with Gasteiger partial charge in [-0.25, -0.2) is 4.39 Å². The van der Waals surface area contributed by atoms with Crippen LogP contribution in [-0.2, 0) is 31.8 Å². The molecule has 0 N–H and O–H groups in total. The molecule has 0 radical (unpaired) electrons. The normalized spacial score (nSPS) is 23.6. The van der Waals surface area contributed by atoms with Crippen molar-refractivity contribution in [3.8, 4) is 0 Å². The minimum Gasteiger partial charge on any atom is -0.379 e. The van der Waals surface area contributed by atoms with Crippen LogP contribution in [0.1, 0.15) is 94.6 Å². The van der Waals surface area contributed by atoms with Crippen molar-refractivity contribution in [2.75, 3.05) is 26.4 Å². The number of rotatable bonds is 17. The zero-order valence-corrected chi connectivity index (χ0v) is 24.0. The lowest BCUT2D eigenvalue weighted by Crippen LogP contribution is -2.56. The van der Waals surface area contributed by atoms with Gasteiger partial charge in [0.25, 0.3) is 0 Å². The van der Waals surface area contributed by atoms with Crippen LogP contribution in [0.5, 0.6) is 0 Å². The summed E-state index contributed by atoms with van der Waals surface area (Å²) in [5, 5.41) is 0. The van der Waals surface area contributed by atoms with Crippen LogP contribution in [0.3, 0.4) is 0 Å². The molecule has 0 amide bonds. The summed E-state index contributed by atoms with van der Waals surface area (Å²) in [5.41, 5.74) is 4.81. The van der Waals surface area contributed by atoms with Crippen LogP contribution in [0.25, 0.3) is 0 Å². The second-order valence-electron chi connectivity index (χ2n) is 10.4. The number of benzene rings is 2. The van der Waals surface area contributed by atoms with Crippen molar-refractivity contribution < 1.29 is 23.3 Å². The Labute approximate surface area is 230 Å². The Hall–Kier alpha value is -1.79. The molecule has 212 valence electrons. The van der Waals surface area contributed by atoms with Crippen molar-refractivity contribution in [1.82, 2.24) is 0 Å². The zero-order valence-electron chi connectivity index (χ0n) is 24.0. The van der Waals surface area contributed by atoms with Gasteiger partial charge in [0.15, 0.2) is 6.17 Å². The van der Waals surface area contributed by atoms with E-state index in [0.29, 0.717) is 19.8 Å². The van der Waals surface area contributed by atoms with Crippen LogP contribution in [0.15, 0.2) is 48.5 Å². The maximum Gasteiger partial charge on any atom is 0.157 e. The lowest BCUT2D eigenvalue weighted by Gasteiger charge is -2.44. The van der Waals surface area contributed by atoms with E-state index in [1.165, 1.54) is 16.7 Å². The second-order valence-corrected chi connectivity index (χ2v) is 10.4. The topological polar surface area (TPSA) is 36.9 Å². The third-order valence-electron chi connectivity index (χ3n) is 7.27. The van der Waals surface area contributed by atoms with E-state index in [1.54, 1.807) is 0 Å². The number of aryl methyl sites for hydroxylation is 1. The molecule has 5 unspecified atom stereocenters. The van der Waals surface area contributed by atoms with E-state index in [2.05, 4.69) is 76.2 Å². The van der Waals surface area contributed by atoms with Crippen molar-refractivity contribution in [1.29, 1.82) is 0 Å². The monoisotopic (exact) mass is 528 g/mol. The van der Waals surface area contributed by atoms with Crippen LogP contribution in [-0.4, -0.2) is 50.9 Å². The Morgan fingerprint density at radius 3 is 2.03 bits per heavy atom. The van der Waals surface area contributed by atoms with Crippen LogP contribution in [0.2, 0.25) is 0 Å². The molecule has 3 rings (SSSR count). The summed E-state index contributed by atoms with van der Waals surface area (Å²) in [5.74, 6) is 0. The highest BCUT2D eigenvalue weighted by Crippen LogP contribution is 2.38. The molecule has 5 heteroatoms. The first-order valence-electron chi connectivity index (χ1n) is 14.9. The van der Waals surface area contributed by atoms with Gasteiger partial charge in [-0.15, -0.1) is 0 Å². The van der Waals surface area contributed by atoms with Gasteiger partial charge < -0.3 is 18.9 Å². The summed E-state index contributed by atoms with van der Waals surface area (Å²) in [6, 6.07) is 17.3. The molecule has 0 aromatic heterocycles. The van der Waals surface area contributed by atoms with Gasteiger partial charge >= 0.3 is 0 Å². The van der Waals surface area contributed by atoms with Gasteiger partial charge in [0, 0.05) is 19.8 Å². The van der Waals surface area contributed by atoms with E-state index in [9.17, 15) is 0 Å². The van der Waals surface area contributed by atoms with Gasteiger partial charge in [-0.1, -0.05) is 95.5 Å². The molecule has 1 saturated heterocycles. The van der Waals surface area contributed by atoms with Gasteiger partial charge in [-0.3, -0.25) is 0 Å². The zero-order chi connectivity index (χ0) is 27.2. The SMILES string of the molecule is CCCCOCC1OC(c2cccc(Cc3ccc(CC)cc3)c2)C(OCCCC)C(OCCCC)C1F. The molecule has 0 aliphatic carbocycles. The van der Waals surface area contributed by atoms with Gasteiger partial charge in [0.05, 0.1) is 6.61 Å². The van der Waals surface area contributed by atoms with Crippen molar-refractivity contribution >= 4 is 0 Å². The molecule has 2 aromatic carbocycles. The van der Waals surface area contributed by atoms with E-state index in [0.717, 1.165) is 56.9 Å². The molecular weight excluding hydrogens is 479 g/mol. The fourth-order valence-electron chi connectivity index (χ4n) is 4.86. The summed E-state index contributed by atoms with van der Waals surface area (Å²) in [6.07, 6.45) is 4.04. The number of alkyl halides is 1. The quantitative estimate of drug-likeness (QED) is 0.196. The Morgan fingerprint density at radius 1 is 0.737 bits per heavy atom. The summed E-state index contributed by atoms with van der Waals surface area (Å²) >= 11 is 0. The molecule has 1 aliphatic rings.